The highest BCUT2D eigenvalue weighted by Gasteiger charge is 2.38. The van der Waals surface area contributed by atoms with Gasteiger partial charge in [-0.2, -0.15) is 0 Å². The lowest BCUT2D eigenvalue weighted by Gasteiger charge is -2.22. The predicted octanol–water partition coefficient (Wildman–Crippen LogP) is 9.21. The van der Waals surface area contributed by atoms with E-state index in [0.29, 0.717) is 23.5 Å². The lowest BCUT2D eigenvalue weighted by molar-refractivity contribution is -0.118. The largest absolute Gasteiger partial charge is 0.457 e. The molecule has 2 fully saturated rings. The van der Waals surface area contributed by atoms with Crippen LogP contribution in [0.25, 0.3) is 0 Å². The number of carbonyl (C=O) groups is 1. The zero-order chi connectivity index (χ0) is 24.6. The highest BCUT2D eigenvalue weighted by Crippen LogP contribution is 2.45. The van der Waals surface area contributed by atoms with Gasteiger partial charge in [0.25, 0.3) is 0 Å². The Morgan fingerprint density at radius 1 is 0.943 bits per heavy atom. The van der Waals surface area contributed by atoms with Crippen molar-refractivity contribution in [3.05, 3.63) is 96.6 Å². The van der Waals surface area contributed by atoms with Crippen LogP contribution in [0.4, 0.5) is 0 Å². The highest BCUT2D eigenvalue weighted by atomic mass is 16.5. The second kappa shape index (κ2) is 12.2. The lowest BCUT2D eigenvalue weighted by Crippen LogP contribution is -2.12. The van der Waals surface area contributed by atoms with E-state index in [-0.39, 0.29) is 5.92 Å². The summed E-state index contributed by atoms with van der Waals surface area (Å²) >= 11 is 0. The normalized spacial score (nSPS) is 24.9. The fourth-order valence-electron chi connectivity index (χ4n) is 6.02. The topological polar surface area (TPSA) is 26.3 Å². The monoisotopic (exact) mass is 468 g/mol. The van der Waals surface area contributed by atoms with Gasteiger partial charge in [0.2, 0.25) is 0 Å². The van der Waals surface area contributed by atoms with Gasteiger partial charge in [0.1, 0.15) is 17.3 Å². The number of carbonyl (C=O) groups excluding carboxylic acids is 1. The van der Waals surface area contributed by atoms with Crippen molar-refractivity contribution in [2.45, 2.75) is 70.6 Å². The number of allylic oxidation sites excluding steroid dienone is 4. The molecule has 4 atom stereocenters. The van der Waals surface area contributed by atoms with Crippen LogP contribution in [0.15, 0.2) is 91.1 Å². The molecule has 2 aliphatic rings. The standard InChI is InChI=1S/C33H40O2/c1-4-5-7-11-24(2)25(3)26-12-10-13-27(17-16-26)29-22-32(33(34)23-29)28-18-20-31(21-19-28)35-30-14-8-6-9-15-30/h4-6,8-9,14-15,18-21,26-27,29,32H,2-3,7,10-13,16-17,22-23H2,1H3. The molecule has 2 aromatic rings. The third-order valence-corrected chi connectivity index (χ3v) is 8.13. The zero-order valence-electron chi connectivity index (χ0n) is 21.3. The van der Waals surface area contributed by atoms with E-state index >= 15 is 0 Å². The van der Waals surface area contributed by atoms with Gasteiger partial charge in [-0.25, -0.2) is 0 Å². The first-order valence-corrected chi connectivity index (χ1v) is 13.4. The summed E-state index contributed by atoms with van der Waals surface area (Å²) in [5, 5.41) is 0. The van der Waals surface area contributed by atoms with Crippen LogP contribution in [-0.4, -0.2) is 5.78 Å². The van der Waals surface area contributed by atoms with Crippen LogP contribution in [-0.2, 0) is 4.79 Å². The molecule has 0 aliphatic heterocycles. The van der Waals surface area contributed by atoms with Gasteiger partial charge in [-0.1, -0.05) is 74.1 Å². The third kappa shape index (κ3) is 6.63. The smallest absolute Gasteiger partial charge is 0.140 e. The maximum absolute atomic E-state index is 13.0. The van der Waals surface area contributed by atoms with Crippen LogP contribution in [0.1, 0.15) is 76.2 Å². The minimum Gasteiger partial charge on any atom is -0.457 e. The van der Waals surface area contributed by atoms with Crippen LogP contribution < -0.4 is 4.74 Å². The third-order valence-electron chi connectivity index (χ3n) is 8.13. The van der Waals surface area contributed by atoms with E-state index in [9.17, 15) is 4.79 Å². The summed E-state index contributed by atoms with van der Waals surface area (Å²) in [7, 11) is 0. The SMILES string of the molecule is C=C(CCC=CC)C(=C)C1CCCC(C2CC(=O)C(c3ccc(Oc4ccccc4)cc3)C2)CC1. The average Bonchev–Trinajstić information content (AvgIpc) is 3.10. The summed E-state index contributed by atoms with van der Waals surface area (Å²) in [4.78, 5) is 13.0. The Hall–Kier alpha value is -2.87. The van der Waals surface area contributed by atoms with E-state index in [0.717, 1.165) is 42.7 Å². The molecule has 2 nitrogen and oxygen atoms in total. The van der Waals surface area contributed by atoms with Crippen LogP contribution in [0.5, 0.6) is 11.5 Å². The van der Waals surface area contributed by atoms with Gasteiger partial charge >= 0.3 is 0 Å². The summed E-state index contributed by atoms with van der Waals surface area (Å²) in [5.74, 6) is 3.80. The minimum atomic E-state index is 0.0335. The fraction of sp³-hybridized carbons (Fsp3) is 0.424. The molecule has 0 N–H and O–H groups in total. The first-order valence-electron chi connectivity index (χ1n) is 13.4. The number of benzene rings is 2. The van der Waals surface area contributed by atoms with Crippen molar-refractivity contribution >= 4 is 5.78 Å². The van der Waals surface area contributed by atoms with Crippen LogP contribution in [0.3, 0.4) is 0 Å². The molecule has 184 valence electrons. The number of ketones is 1. The molecule has 2 aromatic carbocycles. The molecule has 2 heteroatoms. The Bertz CT molecular complexity index is 1030. The first-order chi connectivity index (χ1) is 17.0. The van der Waals surface area contributed by atoms with E-state index in [1.54, 1.807) is 0 Å². The second-order valence-corrected chi connectivity index (χ2v) is 10.4. The summed E-state index contributed by atoms with van der Waals surface area (Å²) in [5.41, 5.74) is 3.63. The molecule has 0 heterocycles. The summed E-state index contributed by atoms with van der Waals surface area (Å²) < 4.78 is 5.92. The van der Waals surface area contributed by atoms with Crippen LogP contribution in [0.2, 0.25) is 0 Å². The Labute approximate surface area is 211 Å². The Balaban J connectivity index is 1.31. The molecule has 2 saturated carbocycles. The van der Waals surface area contributed by atoms with Gasteiger partial charge in [0.05, 0.1) is 0 Å². The number of hydrogen-bond acceptors (Lipinski definition) is 2. The molecule has 4 unspecified atom stereocenters. The van der Waals surface area contributed by atoms with Gasteiger partial charge in [-0.15, -0.1) is 0 Å². The molecule has 35 heavy (non-hydrogen) atoms. The van der Waals surface area contributed by atoms with Crippen LogP contribution in [0, 0.1) is 17.8 Å². The van der Waals surface area contributed by atoms with E-state index in [1.807, 2.05) is 42.5 Å². The maximum atomic E-state index is 13.0. The molecule has 4 rings (SSSR count). The molecule has 2 aliphatic carbocycles. The Morgan fingerprint density at radius 2 is 1.69 bits per heavy atom. The molecular formula is C33H40O2. The van der Waals surface area contributed by atoms with E-state index in [1.165, 1.54) is 43.3 Å². The predicted molar refractivity (Wildman–Crippen MR) is 146 cm³/mol. The molecule has 0 aromatic heterocycles. The van der Waals surface area contributed by atoms with Crippen molar-refractivity contribution in [1.82, 2.24) is 0 Å². The van der Waals surface area contributed by atoms with E-state index in [2.05, 4.69) is 44.4 Å². The van der Waals surface area contributed by atoms with Crippen molar-refractivity contribution in [2.75, 3.05) is 0 Å². The fourth-order valence-corrected chi connectivity index (χ4v) is 6.02. The van der Waals surface area contributed by atoms with E-state index < -0.39 is 0 Å². The van der Waals surface area contributed by atoms with Crippen LogP contribution >= 0.6 is 0 Å². The van der Waals surface area contributed by atoms with Crippen molar-refractivity contribution < 1.29 is 9.53 Å². The minimum absolute atomic E-state index is 0.0335. The molecule has 0 spiro atoms. The Kier molecular flexibility index (Phi) is 8.79. The molecule has 0 amide bonds. The number of Topliss-reactive ketones (excluding diaryl/α,β-unsaturated/α-hetero) is 1. The van der Waals surface area contributed by atoms with Gasteiger partial charge < -0.3 is 4.74 Å². The summed E-state index contributed by atoms with van der Waals surface area (Å²) in [6.07, 6.45) is 14.2. The first kappa shape index (κ1) is 25.2. The molecule has 0 saturated heterocycles. The van der Waals surface area contributed by atoms with Crippen molar-refractivity contribution in [1.29, 1.82) is 0 Å². The average molecular weight is 469 g/mol. The van der Waals surface area contributed by atoms with Gasteiger partial charge in [0.15, 0.2) is 0 Å². The number of hydrogen-bond donors (Lipinski definition) is 0. The van der Waals surface area contributed by atoms with Gasteiger partial charge in [-0.3, -0.25) is 4.79 Å². The van der Waals surface area contributed by atoms with Crippen molar-refractivity contribution in [3.8, 4) is 11.5 Å². The van der Waals surface area contributed by atoms with Gasteiger partial charge in [0, 0.05) is 12.3 Å². The summed E-state index contributed by atoms with van der Waals surface area (Å²) in [6.45, 7) is 10.8. The lowest BCUT2D eigenvalue weighted by atomic mass is 9.82. The second-order valence-electron chi connectivity index (χ2n) is 10.4. The van der Waals surface area contributed by atoms with E-state index in [4.69, 9.17) is 4.74 Å². The van der Waals surface area contributed by atoms with Crippen molar-refractivity contribution in [2.24, 2.45) is 17.8 Å². The highest BCUT2D eigenvalue weighted by molar-refractivity contribution is 5.88. The molecule has 0 radical (unpaired) electrons. The zero-order valence-corrected chi connectivity index (χ0v) is 21.3. The summed E-state index contributed by atoms with van der Waals surface area (Å²) in [6, 6.07) is 18.0. The van der Waals surface area contributed by atoms with Gasteiger partial charge in [-0.05, 0) is 98.6 Å². The number of rotatable bonds is 9. The molecule has 0 bridgehead atoms. The molecular weight excluding hydrogens is 428 g/mol. The quantitative estimate of drug-likeness (QED) is 0.208. The number of para-hydroxylation sites is 1. The Morgan fingerprint density at radius 3 is 2.43 bits per heavy atom. The van der Waals surface area contributed by atoms with Crippen molar-refractivity contribution in [3.63, 3.8) is 0 Å². The maximum Gasteiger partial charge on any atom is 0.140 e. The number of ether oxygens (including phenoxy) is 1.